The van der Waals surface area contributed by atoms with Crippen molar-refractivity contribution in [2.75, 3.05) is 22.5 Å². The zero-order valence-electron chi connectivity index (χ0n) is 16.4. The minimum atomic E-state index is -3.75. The monoisotopic (exact) mass is 438 g/mol. The average Bonchev–Trinajstić information content (AvgIpc) is 2.66. The molecule has 0 aliphatic carbocycles. The second-order valence-electron chi connectivity index (χ2n) is 6.25. The SMILES string of the molecule is CCOC(=O)c1cccc(NC(=O)C(CC)N(c2ccc(Cl)cc2)S(C)(=O)=O)c1. The molecule has 29 heavy (non-hydrogen) atoms. The van der Waals surface area contributed by atoms with Crippen LogP contribution < -0.4 is 9.62 Å². The normalized spacial score (nSPS) is 12.1. The van der Waals surface area contributed by atoms with Crippen molar-refractivity contribution in [3.8, 4) is 0 Å². The van der Waals surface area contributed by atoms with Gasteiger partial charge in [0.25, 0.3) is 0 Å². The fourth-order valence-electron chi connectivity index (χ4n) is 2.81. The third-order valence-electron chi connectivity index (χ3n) is 4.05. The first-order valence-corrected chi connectivity index (χ1v) is 11.2. The van der Waals surface area contributed by atoms with Gasteiger partial charge in [-0.1, -0.05) is 24.6 Å². The number of amides is 1. The van der Waals surface area contributed by atoms with E-state index < -0.39 is 27.9 Å². The van der Waals surface area contributed by atoms with Gasteiger partial charge in [0.2, 0.25) is 15.9 Å². The van der Waals surface area contributed by atoms with E-state index in [2.05, 4.69) is 5.32 Å². The van der Waals surface area contributed by atoms with Gasteiger partial charge in [0.1, 0.15) is 6.04 Å². The maximum atomic E-state index is 12.9. The van der Waals surface area contributed by atoms with Gasteiger partial charge in [-0.05, 0) is 55.8 Å². The van der Waals surface area contributed by atoms with Gasteiger partial charge >= 0.3 is 5.97 Å². The molecule has 0 heterocycles. The van der Waals surface area contributed by atoms with Crippen LogP contribution in [0, 0.1) is 0 Å². The van der Waals surface area contributed by atoms with Crippen molar-refractivity contribution < 1.29 is 22.7 Å². The summed E-state index contributed by atoms with van der Waals surface area (Å²) in [6, 6.07) is 11.5. The number of benzene rings is 2. The Morgan fingerprint density at radius 3 is 2.34 bits per heavy atom. The fraction of sp³-hybridized carbons (Fsp3) is 0.300. The molecule has 0 saturated heterocycles. The summed E-state index contributed by atoms with van der Waals surface area (Å²) >= 11 is 5.89. The lowest BCUT2D eigenvalue weighted by atomic mass is 10.1. The Morgan fingerprint density at radius 2 is 1.79 bits per heavy atom. The molecule has 1 amide bonds. The summed E-state index contributed by atoms with van der Waals surface area (Å²) in [5.41, 5.74) is 0.984. The van der Waals surface area contributed by atoms with Crippen molar-refractivity contribution in [3.63, 3.8) is 0 Å². The van der Waals surface area contributed by atoms with Crippen LogP contribution in [0.3, 0.4) is 0 Å². The summed E-state index contributed by atoms with van der Waals surface area (Å²) in [5, 5.41) is 3.14. The lowest BCUT2D eigenvalue weighted by molar-refractivity contribution is -0.117. The van der Waals surface area contributed by atoms with Crippen LogP contribution in [-0.4, -0.2) is 39.2 Å². The number of nitrogens with zero attached hydrogens (tertiary/aromatic N) is 1. The topological polar surface area (TPSA) is 92.8 Å². The molecule has 9 heteroatoms. The van der Waals surface area contributed by atoms with E-state index >= 15 is 0 Å². The molecular weight excluding hydrogens is 416 g/mol. The molecule has 7 nitrogen and oxygen atoms in total. The first-order chi connectivity index (χ1) is 13.7. The molecule has 1 N–H and O–H groups in total. The Bertz CT molecular complexity index is 977. The third kappa shape index (κ3) is 5.95. The van der Waals surface area contributed by atoms with Gasteiger partial charge in [0.05, 0.1) is 24.1 Å². The molecule has 0 spiro atoms. The predicted octanol–water partition coefficient (Wildman–Crippen LogP) is 3.70. The van der Waals surface area contributed by atoms with Gasteiger partial charge in [0.15, 0.2) is 0 Å². The number of carbonyl (C=O) groups excluding carboxylic acids is 2. The summed E-state index contributed by atoms with van der Waals surface area (Å²) < 4.78 is 30.9. The van der Waals surface area contributed by atoms with Crippen molar-refractivity contribution in [1.82, 2.24) is 0 Å². The third-order valence-corrected chi connectivity index (χ3v) is 5.48. The van der Waals surface area contributed by atoms with E-state index in [1.807, 2.05) is 0 Å². The molecule has 2 aromatic carbocycles. The Labute approximate surface area is 175 Å². The number of nitrogens with one attached hydrogen (secondary N) is 1. The average molecular weight is 439 g/mol. The number of ether oxygens (including phenoxy) is 1. The standard InChI is InChI=1S/C20H23ClN2O5S/c1-4-18(23(29(3,26)27)17-11-9-15(21)10-12-17)19(24)22-16-8-6-7-14(13-16)20(25)28-5-2/h6-13,18H,4-5H2,1-3H3,(H,22,24). The Balaban J connectivity index is 2.32. The largest absolute Gasteiger partial charge is 0.462 e. The van der Waals surface area contributed by atoms with Crippen molar-refractivity contribution in [2.45, 2.75) is 26.3 Å². The van der Waals surface area contributed by atoms with E-state index in [0.29, 0.717) is 16.4 Å². The van der Waals surface area contributed by atoms with Crippen LogP contribution in [0.4, 0.5) is 11.4 Å². The second-order valence-corrected chi connectivity index (χ2v) is 8.55. The lowest BCUT2D eigenvalue weighted by Crippen LogP contribution is -2.47. The number of esters is 1. The van der Waals surface area contributed by atoms with Crippen molar-refractivity contribution in [2.24, 2.45) is 0 Å². The number of hydrogen-bond donors (Lipinski definition) is 1. The number of sulfonamides is 1. The molecule has 156 valence electrons. The molecule has 2 rings (SSSR count). The molecule has 0 saturated carbocycles. The highest BCUT2D eigenvalue weighted by atomic mass is 35.5. The lowest BCUT2D eigenvalue weighted by Gasteiger charge is -2.30. The van der Waals surface area contributed by atoms with E-state index in [1.165, 1.54) is 6.07 Å². The molecule has 0 aliphatic rings. The van der Waals surface area contributed by atoms with Gasteiger partial charge in [0, 0.05) is 10.7 Å². The van der Waals surface area contributed by atoms with Crippen molar-refractivity contribution >= 4 is 44.9 Å². The van der Waals surface area contributed by atoms with Gasteiger partial charge in [-0.3, -0.25) is 9.10 Å². The van der Waals surface area contributed by atoms with Crippen LogP contribution in [0.1, 0.15) is 30.6 Å². The number of carbonyl (C=O) groups is 2. The van der Waals surface area contributed by atoms with Crippen LogP contribution in [-0.2, 0) is 19.6 Å². The molecule has 0 bridgehead atoms. The van der Waals surface area contributed by atoms with E-state index in [1.54, 1.807) is 56.3 Å². The second kappa shape index (κ2) is 9.76. The smallest absolute Gasteiger partial charge is 0.338 e. The number of anilines is 2. The summed E-state index contributed by atoms with van der Waals surface area (Å²) in [6.07, 6.45) is 1.28. The van der Waals surface area contributed by atoms with Gasteiger partial charge in [-0.15, -0.1) is 0 Å². The molecule has 1 atom stereocenters. The zero-order chi connectivity index (χ0) is 21.6. The Morgan fingerprint density at radius 1 is 1.14 bits per heavy atom. The zero-order valence-corrected chi connectivity index (χ0v) is 18.0. The number of hydrogen-bond acceptors (Lipinski definition) is 5. The summed E-state index contributed by atoms with van der Waals surface area (Å²) in [6.45, 7) is 3.65. The van der Waals surface area contributed by atoms with Crippen LogP contribution in [0.5, 0.6) is 0 Å². The molecule has 0 aliphatic heterocycles. The first-order valence-electron chi connectivity index (χ1n) is 9.00. The van der Waals surface area contributed by atoms with Gasteiger partial charge in [-0.2, -0.15) is 0 Å². The molecular formula is C20H23ClN2O5S. The Hall–Kier alpha value is -2.58. The van der Waals surface area contributed by atoms with E-state index in [9.17, 15) is 18.0 Å². The number of rotatable bonds is 8. The summed E-state index contributed by atoms with van der Waals surface area (Å²) in [4.78, 5) is 24.8. The maximum Gasteiger partial charge on any atom is 0.338 e. The van der Waals surface area contributed by atoms with E-state index in [-0.39, 0.29) is 18.6 Å². The van der Waals surface area contributed by atoms with Crippen LogP contribution in [0.15, 0.2) is 48.5 Å². The molecule has 0 radical (unpaired) electrons. The van der Waals surface area contributed by atoms with Crippen molar-refractivity contribution in [1.29, 1.82) is 0 Å². The quantitative estimate of drug-likeness (QED) is 0.634. The van der Waals surface area contributed by atoms with E-state index in [4.69, 9.17) is 16.3 Å². The molecule has 2 aromatic rings. The molecule has 1 unspecified atom stereocenters. The van der Waals surface area contributed by atoms with Crippen molar-refractivity contribution in [3.05, 3.63) is 59.1 Å². The first kappa shape index (κ1) is 22.7. The summed E-state index contributed by atoms with van der Waals surface area (Å²) in [7, 11) is -3.75. The van der Waals surface area contributed by atoms with Crippen LogP contribution in [0.25, 0.3) is 0 Å². The van der Waals surface area contributed by atoms with Crippen LogP contribution in [0.2, 0.25) is 5.02 Å². The minimum Gasteiger partial charge on any atom is -0.462 e. The van der Waals surface area contributed by atoms with Crippen LogP contribution >= 0.6 is 11.6 Å². The highest BCUT2D eigenvalue weighted by Gasteiger charge is 2.31. The highest BCUT2D eigenvalue weighted by molar-refractivity contribution is 7.92. The maximum absolute atomic E-state index is 12.9. The molecule has 0 aromatic heterocycles. The fourth-order valence-corrected chi connectivity index (χ4v) is 4.15. The minimum absolute atomic E-state index is 0.234. The molecule has 0 fully saturated rings. The summed E-state index contributed by atoms with van der Waals surface area (Å²) in [5.74, 6) is -1.02. The Kier molecular flexibility index (Phi) is 7.64. The predicted molar refractivity (Wildman–Crippen MR) is 114 cm³/mol. The van der Waals surface area contributed by atoms with Gasteiger partial charge < -0.3 is 10.1 Å². The number of halogens is 1. The highest BCUT2D eigenvalue weighted by Crippen LogP contribution is 2.25. The van der Waals surface area contributed by atoms with E-state index in [0.717, 1.165) is 10.6 Å². The van der Waals surface area contributed by atoms with Gasteiger partial charge in [-0.25, -0.2) is 13.2 Å².